The maximum atomic E-state index is 8.59. The van der Waals surface area contributed by atoms with Crippen LogP contribution in [0, 0.1) is 12.3 Å². The van der Waals surface area contributed by atoms with Crippen molar-refractivity contribution >= 4 is 5.23 Å². The fourth-order valence-corrected chi connectivity index (χ4v) is 0. The monoisotopic (exact) mass is 149 g/mol. The second-order valence-electron chi connectivity index (χ2n) is 1.70. The molecule has 0 unspecified atom stereocenters. The van der Waals surface area contributed by atoms with Crippen molar-refractivity contribution in [2.45, 2.75) is 19.4 Å². The third-order valence-corrected chi connectivity index (χ3v) is 0.353. The summed E-state index contributed by atoms with van der Waals surface area (Å²) in [5.74, 6) is 2.16. The van der Waals surface area contributed by atoms with Crippen molar-refractivity contribution in [2.24, 2.45) is 0 Å². The van der Waals surface area contributed by atoms with Crippen molar-refractivity contribution in [1.82, 2.24) is 0 Å². The van der Waals surface area contributed by atoms with Crippen LogP contribution in [0.15, 0.2) is 0 Å². The zero-order valence-corrected chi connectivity index (χ0v) is 6.58. The Morgan fingerprint density at radius 2 is 1.75 bits per heavy atom. The van der Waals surface area contributed by atoms with Crippen LogP contribution in [0.5, 0.6) is 0 Å². The number of terminal acetylenes is 1. The first-order valence-electron chi connectivity index (χ1n) is 2.08. The molecule has 0 heterocycles. The molecule has 45 valence electrons. The van der Waals surface area contributed by atoms with E-state index >= 15 is 0 Å². The topological polar surface area (TPSA) is 20.2 Å². The maximum absolute atomic E-state index is 8.59. The van der Waals surface area contributed by atoms with Crippen LogP contribution in [-0.4, -0.2) is 15.9 Å². The molecule has 0 bridgehead atoms. The van der Waals surface area contributed by atoms with Gasteiger partial charge in [-0.2, -0.15) is 0 Å². The molecule has 1 nitrogen and oxygen atoms in total. The van der Waals surface area contributed by atoms with Gasteiger partial charge in [-0.1, -0.05) is 5.92 Å². The van der Waals surface area contributed by atoms with E-state index in [4.69, 9.17) is 11.5 Å². The van der Waals surface area contributed by atoms with Crippen LogP contribution in [0.25, 0.3) is 0 Å². The second kappa shape index (κ2) is 5.12. The van der Waals surface area contributed by atoms with Crippen LogP contribution < -0.4 is 0 Å². The van der Waals surface area contributed by atoms with Crippen molar-refractivity contribution in [3.8, 4) is 12.3 Å². The van der Waals surface area contributed by atoms with Crippen molar-refractivity contribution in [1.29, 1.82) is 0 Å². The van der Waals surface area contributed by atoms with Gasteiger partial charge < -0.3 is 5.11 Å². The molecule has 0 saturated heterocycles. The number of aliphatic hydroxyl groups is 1. The standard InChI is InChI=1S/C5H8O.CH2.V/c1-4-5(2,3)6;;/h1,6H,2-3H3;1H2;. The molecule has 0 atom stereocenters. The molecular weight excluding hydrogens is 139 g/mol. The van der Waals surface area contributed by atoms with Gasteiger partial charge in [0.1, 0.15) is 5.60 Å². The first kappa shape index (κ1) is 10.9. The summed E-state index contributed by atoms with van der Waals surface area (Å²) in [5, 5.41) is 11.8. The van der Waals surface area contributed by atoms with Gasteiger partial charge in [0.15, 0.2) is 0 Å². The van der Waals surface area contributed by atoms with E-state index in [0.717, 1.165) is 0 Å². The van der Waals surface area contributed by atoms with E-state index in [2.05, 4.69) is 28.1 Å². The summed E-state index contributed by atoms with van der Waals surface area (Å²) in [6.45, 7) is 3.12. The Hall–Kier alpha value is -0.0256. The van der Waals surface area contributed by atoms with Crippen LogP contribution in [0.1, 0.15) is 13.8 Å². The van der Waals surface area contributed by atoms with Crippen LogP contribution in [-0.2, 0) is 17.0 Å². The van der Waals surface area contributed by atoms with E-state index in [1.807, 2.05) is 0 Å². The molecule has 8 heavy (non-hydrogen) atoms. The molecule has 0 fully saturated rings. The first-order valence-corrected chi connectivity index (χ1v) is 3.07. The van der Waals surface area contributed by atoms with E-state index in [1.165, 1.54) is 0 Å². The van der Waals surface area contributed by atoms with E-state index in [-0.39, 0.29) is 0 Å². The minimum atomic E-state index is -0.931. The molecule has 1 N–H and O–H groups in total. The van der Waals surface area contributed by atoms with Crippen molar-refractivity contribution in [3.63, 3.8) is 0 Å². The number of rotatable bonds is 0. The molecular formula is C6H10OV. The molecule has 0 aliphatic rings. The number of hydrogen-bond donors (Lipinski definition) is 1. The van der Waals surface area contributed by atoms with Crippen LogP contribution in [0.4, 0.5) is 0 Å². The summed E-state index contributed by atoms with van der Waals surface area (Å²) in [4.78, 5) is 0. The molecule has 0 aliphatic carbocycles. The third-order valence-electron chi connectivity index (χ3n) is 0.353. The van der Waals surface area contributed by atoms with E-state index in [0.29, 0.717) is 0 Å². The summed E-state index contributed by atoms with van der Waals surface area (Å²) in [5.41, 5.74) is -0.931. The predicted molar refractivity (Wildman–Crippen MR) is 32.3 cm³/mol. The Labute approximate surface area is 59.6 Å². The number of hydrogen-bond acceptors (Lipinski definition) is 1. The van der Waals surface area contributed by atoms with Gasteiger partial charge in [0.05, 0.1) is 0 Å². The molecule has 0 aromatic heterocycles. The van der Waals surface area contributed by atoms with Gasteiger partial charge in [-0.05, 0) is 13.8 Å². The van der Waals surface area contributed by atoms with Crippen molar-refractivity contribution < 1.29 is 22.1 Å². The average molecular weight is 149 g/mol. The van der Waals surface area contributed by atoms with Crippen LogP contribution in [0.2, 0.25) is 0 Å². The third kappa shape index (κ3) is 16.7. The molecule has 0 radical (unpaired) electrons. The summed E-state index contributed by atoms with van der Waals surface area (Å²) >= 11 is 2.06. The van der Waals surface area contributed by atoms with Gasteiger partial charge in [0, 0.05) is 0 Å². The fraction of sp³-hybridized carbons (Fsp3) is 0.500. The van der Waals surface area contributed by atoms with Gasteiger partial charge in [-0.25, -0.2) is 0 Å². The molecule has 0 aliphatic heterocycles. The van der Waals surface area contributed by atoms with Gasteiger partial charge in [0.25, 0.3) is 0 Å². The van der Waals surface area contributed by atoms with Gasteiger partial charge in [0.2, 0.25) is 0 Å². The molecule has 0 aromatic carbocycles. The SMILES string of the molecule is C#CC(C)(C)O.[CH2]=[V]. The Bertz CT molecular complexity index is 85.7. The normalized spacial score (nSPS) is 8.12. The fourth-order valence-electron chi connectivity index (χ4n) is 0. The molecule has 0 rings (SSSR count). The molecule has 0 saturated carbocycles. The Morgan fingerprint density at radius 3 is 1.75 bits per heavy atom. The zero-order valence-electron chi connectivity index (χ0n) is 5.18. The molecule has 0 amide bonds. The second-order valence-corrected chi connectivity index (χ2v) is 1.70. The van der Waals surface area contributed by atoms with Crippen molar-refractivity contribution in [2.75, 3.05) is 0 Å². The van der Waals surface area contributed by atoms with Crippen molar-refractivity contribution in [3.05, 3.63) is 0 Å². The summed E-state index contributed by atoms with van der Waals surface area (Å²) < 4.78 is 0. The molecule has 2 heteroatoms. The zero-order chi connectivity index (χ0) is 7.21. The summed E-state index contributed by atoms with van der Waals surface area (Å²) in [6, 6.07) is 0. The summed E-state index contributed by atoms with van der Waals surface area (Å²) in [7, 11) is 0. The van der Waals surface area contributed by atoms with Crippen LogP contribution >= 0.6 is 0 Å². The van der Waals surface area contributed by atoms with Gasteiger partial charge >= 0.3 is 22.2 Å². The van der Waals surface area contributed by atoms with E-state index < -0.39 is 5.60 Å². The average Bonchev–Trinajstić information content (AvgIpc) is 1.71. The first-order chi connectivity index (χ1) is 3.56. The predicted octanol–water partition coefficient (Wildman–Crippen LogP) is 0.356. The minimum absolute atomic E-state index is 0.931. The van der Waals surface area contributed by atoms with Gasteiger partial charge in [-0.15, -0.1) is 6.42 Å². The molecule has 0 aromatic rings. The van der Waals surface area contributed by atoms with Gasteiger partial charge in [-0.3, -0.25) is 0 Å². The Balaban J connectivity index is 0. The van der Waals surface area contributed by atoms with E-state index in [1.54, 1.807) is 13.8 Å². The summed E-state index contributed by atoms with van der Waals surface area (Å²) in [6.07, 6.45) is 4.81. The quantitative estimate of drug-likeness (QED) is 0.493. The van der Waals surface area contributed by atoms with Crippen LogP contribution in [0.3, 0.4) is 0 Å². The van der Waals surface area contributed by atoms with E-state index in [9.17, 15) is 0 Å². The molecule has 0 spiro atoms. The Morgan fingerprint density at radius 1 is 1.62 bits per heavy atom. The Kier molecular flexibility index (Phi) is 6.95.